The summed E-state index contributed by atoms with van der Waals surface area (Å²) in [5.41, 5.74) is 3.94. The molecule has 1 aromatic carbocycles. The van der Waals surface area contributed by atoms with Crippen molar-refractivity contribution in [1.82, 2.24) is 24.6 Å². The van der Waals surface area contributed by atoms with E-state index in [-0.39, 0.29) is 5.56 Å². The quantitative estimate of drug-likeness (QED) is 0.449. The topological polar surface area (TPSA) is 64.7 Å². The van der Waals surface area contributed by atoms with E-state index in [9.17, 15) is 4.79 Å². The van der Waals surface area contributed by atoms with Gasteiger partial charge in [0.25, 0.3) is 5.56 Å². The lowest BCUT2D eigenvalue weighted by Gasteiger charge is -2.23. The predicted molar refractivity (Wildman–Crippen MR) is 129 cm³/mol. The number of hydrogen-bond donors (Lipinski definition) is 1. The molecule has 7 heteroatoms. The molecule has 4 aromatic rings. The smallest absolute Gasteiger partial charge is 0.262 e. The first-order valence-corrected chi connectivity index (χ1v) is 12.2. The monoisotopic (exact) mass is 447 g/mol. The number of benzene rings is 1. The second-order valence-corrected chi connectivity index (χ2v) is 9.77. The van der Waals surface area contributed by atoms with Gasteiger partial charge in [0.2, 0.25) is 0 Å². The number of nitrogens with one attached hydrogen (secondary N) is 1. The van der Waals surface area contributed by atoms with E-state index in [1.54, 1.807) is 22.2 Å². The maximum Gasteiger partial charge on any atom is 0.262 e. The molecule has 0 saturated heterocycles. The van der Waals surface area contributed by atoms with Gasteiger partial charge in [0, 0.05) is 30.7 Å². The van der Waals surface area contributed by atoms with Gasteiger partial charge in [0.15, 0.2) is 0 Å². The van der Waals surface area contributed by atoms with E-state index >= 15 is 0 Å². The lowest BCUT2D eigenvalue weighted by atomic mass is 9.93. The van der Waals surface area contributed by atoms with E-state index in [2.05, 4.69) is 45.9 Å². The van der Waals surface area contributed by atoms with Gasteiger partial charge in [-0.2, -0.15) is 5.10 Å². The Balaban J connectivity index is 1.24. The van der Waals surface area contributed by atoms with E-state index in [0.717, 1.165) is 55.3 Å². The predicted octanol–water partition coefficient (Wildman–Crippen LogP) is 3.51. The van der Waals surface area contributed by atoms with Crippen LogP contribution in [0.2, 0.25) is 0 Å². The zero-order chi connectivity index (χ0) is 21.9. The highest BCUT2D eigenvalue weighted by molar-refractivity contribution is 7.18. The van der Waals surface area contributed by atoms with Gasteiger partial charge in [-0.3, -0.25) is 14.0 Å². The summed E-state index contributed by atoms with van der Waals surface area (Å²) in [6.07, 6.45) is 11.6. The fourth-order valence-electron chi connectivity index (χ4n) is 4.65. The highest BCUT2D eigenvalue weighted by Crippen LogP contribution is 2.33. The minimum atomic E-state index is 0.128. The van der Waals surface area contributed by atoms with Crippen molar-refractivity contribution in [3.8, 4) is 0 Å². The van der Waals surface area contributed by atoms with Crippen LogP contribution >= 0.6 is 11.3 Å². The molecular weight excluding hydrogens is 418 g/mol. The molecule has 0 amide bonds. The molecule has 1 aliphatic carbocycles. The zero-order valence-corrected chi connectivity index (χ0v) is 19.3. The summed E-state index contributed by atoms with van der Waals surface area (Å²) in [7, 11) is 1.95. The standard InChI is InChI=1S/C25H29N5OS/c1-29-16-19(15-28-29)11-12-26-20-9-10-21-22(14-20)32-24-23(21)25(31)30(17-27-24)13-5-8-18-6-3-2-4-7-18/h2-4,6-7,15-17,20,26H,5,8-14H2,1H3/t20-/m0/s1. The van der Waals surface area contributed by atoms with Crippen LogP contribution in [0.5, 0.6) is 0 Å². The summed E-state index contributed by atoms with van der Waals surface area (Å²) in [5.74, 6) is 0. The molecule has 0 saturated carbocycles. The average molecular weight is 448 g/mol. The Morgan fingerprint density at radius 1 is 1.19 bits per heavy atom. The largest absolute Gasteiger partial charge is 0.313 e. The van der Waals surface area contributed by atoms with Gasteiger partial charge in [-0.15, -0.1) is 11.3 Å². The summed E-state index contributed by atoms with van der Waals surface area (Å²) in [6.45, 7) is 1.66. The van der Waals surface area contributed by atoms with E-state index in [0.29, 0.717) is 12.6 Å². The maximum atomic E-state index is 13.2. The summed E-state index contributed by atoms with van der Waals surface area (Å²) in [6, 6.07) is 10.9. The van der Waals surface area contributed by atoms with Crippen LogP contribution < -0.4 is 10.9 Å². The summed E-state index contributed by atoms with van der Waals surface area (Å²) in [5, 5.41) is 8.80. The van der Waals surface area contributed by atoms with Crippen LogP contribution in [0.25, 0.3) is 10.2 Å². The highest BCUT2D eigenvalue weighted by atomic mass is 32.1. The minimum Gasteiger partial charge on any atom is -0.313 e. The molecule has 0 aliphatic heterocycles. The fraction of sp³-hybridized carbons (Fsp3) is 0.400. The average Bonchev–Trinajstić information content (AvgIpc) is 3.39. The number of hydrogen-bond acceptors (Lipinski definition) is 5. The third kappa shape index (κ3) is 4.54. The third-order valence-electron chi connectivity index (χ3n) is 6.35. The second kappa shape index (κ2) is 9.38. The number of nitrogens with zero attached hydrogens (tertiary/aromatic N) is 4. The molecule has 1 aliphatic rings. The molecule has 3 heterocycles. The molecule has 6 nitrogen and oxygen atoms in total. The minimum absolute atomic E-state index is 0.128. The van der Waals surface area contributed by atoms with Crippen LogP contribution in [-0.2, 0) is 39.3 Å². The van der Waals surface area contributed by atoms with Gasteiger partial charge in [-0.1, -0.05) is 30.3 Å². The van der Waals surface area contributed by atoms with Crippen LogP contribution in [-0.4, -0.2) is 31.9 Å². The fourth-order valence-corrected chi connectivity index (χ4v) is 5.91. The Labute approximate surface area is 191 Å². The Hall–Kier alpha value is -2.77. The van der Waals surface area contributed by atoms with Crippen molar-refractivity contribution in [3.05, 3.63) is 81.0 Å². The second-order valence-electron chi connectivity index (χ2n) is 8.68. The van der Waals surface area contributed by atoms with Crippen LogP contribution in [0.3, 0.4) is 0 Å². The van der Waals surface area contributed by atoms with Gasteiger partial charge in [0.05, 0.1) is 17.9 Å². The number of rotatable bonds is 8. The Morgan fingerprint density at radius 3 is 2.88 bits per heavy atom. The molecule has 0 fully saturated rings. The SMILES string of the molecule is Cn1cc(CCN[C@H]2CCc3c(sc4ncn(CCCc5ccccc5)c(=O)c34)C2)cn1. The van der Waals surface area contributed by atoms with Gasteiger partial charge >= 0.3 is 0 Å². The molecule has 5 rings (SSSR count). The van der Waals surface area contributed by atoms with Crippen molar-refractivity contribution in [2.24, 2.45) is 7.05 Å². The van der Waals surface area contributed by atoms with Crippen molar-refractivity contribution in [3.63, 3.8) is 0 Å². The zero-order valence-electron chi connectivity index (χ0n) is 18.5. The number of aryl methyl sites for hydroxylation is 4. The van der Waals surface area contributed by atoms with E-state index in [1.165, 1.54) is 21.6 Å². The van der Waals surface area contributed by atoms with Crippen LogP contribution in [0.4, 0.5) is 0 Å². The van der Waals surface area contributed by atoms with Crippen molar-refractivity contribution in [2.75, 3.05) is 6.54 Å². The van der Waals surface area contributed by atoms with Crippen molar-refractivity contribution in [2.45, 2.75) is 51.1 Å². The molecule has 1 N–H and O–H groups in total. The normalized spacial score (nSPS) is 15.8. The molecule has 3 aromatic heterocycles. The molecule has 0 radical (unpaired) electrons. The maximum absolute atomic E-state index is 13.2. The Bertz CT molecular complexity index is 1260. The summed E-state index contributed by atoms with van der Waals surface area (Å²) < 4.78 is 3.65. The van der Waals surface area contributed by atoms with Crippen molar-refractivity contribution in [1.29, 1.82) is 0 Å². The van der Waals surface area contributed by atoms with Crippen LogP contribution in [0, 0.1) is 0 Å². The number of thiophene rings is 1. The highest BCUT2D eigenvalue weighted by Gasteiger charge is 2.25. The van der Waals surface area contributed by atoms with E-state index in [1.807, 2.05) is 24.0 Å². The first-order valence-electron chi connectivity index (χ1n) is 11.4. The van der Waals surface area contributed by atoms with E-state index in [4.69, 9.17) is 0 Å². The van der Waals surface area contributed by atoms with Gasteiger partial charge < -0.3 is 5.32 Å². The Morgan fingerprint density at radius 2 is 2.06 bits per heavy atom. The van der Waals surface area contributed by atoms with Crippen molar-refractivity contribution < 1.29 is 0 Å². The lowest BCUT2D eigenvalue weighted by Crippen LogP contribution is -2.35. The van der Waals surface area contributed by atoms with Crippen LogP contribution in [0.15, 0.2) is 53.8 Å². The molecular formula is C25H29N5OS. The Kier molecular flexibility index (Phi) is 6.19. The first kappa shape index (κ1) is 21.1. The molecule has 166 valence electrons. The van der Waals surface area contributed by atoms with Gasteiger partial charge in [-0.05, 0) is 61.8 Å². The summed E-state index contributed by atoms with van der Waals surface area (Å²) >= 11 is 1.70. The summed E-state index contributed by atoms with van der Waals surface area (Å²) in [4.78, 5) is 20.1. The van der Waals surface area contributed by atoms with E-state index < -0.39 is 0 Å². The molecule has 1 atom stereocenters. The van der Waals surface area contributed by atoms with Gasteiger partial charge in [0.1, 0.15) is 4.83 Å². The third-order valence-corrected chi connectivity index (χ3v) is 7.51. The van der Waals surface area contributed by atoms with Crippen molar-refractivity contribution >= 4 is 21.6 Å². The number of aromatic nitrogens is 4. The molecule has 0 unspecified atom stereocenters. The van der Waals surface area contributed by atoms with Crippen LogP contribution in [0.1, 0.15) is 34.4 Å². The first-order chi connectivity index (χ1) is 15.7. The number of fused-ring (bicyclic) bond motifs is 3. The molecule has 32 heavy (non-hydrogen) atoms. The van der Waals surface area contributed by atoms with Gasteiger partial charge in [-0.25, -0.2) is 4.98 Å². The molecule has 0 bridgehead atoms. The lowest BCUT2D eigenvalue weighted by molar-refractivity contribution is 0.466. The molecule has 0 spiro atoms.